The highest BCUT2D eigenvalue weighted by Gasteiger charge is 2.41. The maximum Gasteiger partial charge on any atom is 0.227 e. The largest absolute Gasteiger partial charge is 0.497 e. The van der Waals surface area contributed by atoms with Crippen LogP contribution in [0, 0.1) is 0 Å². The number of fused-ring (bicyclic) bond motifs is 1. The number of ketones is 1. The van der Waals surface area contributed by atoms with Crippen molar-refractivity contribution in [3.05, 3.63) is 100 Å². The first kappa shape index (κ1) is 26.1. The van der Waals surface area contributed by atoms with Gasteiger partial charge in [0.2, 0.25) is 5.91 Å². The topological polar surface area (TPSA) is 58.6 Å². The molecule has 0 unspecified atom stereocenters. The number of methoxy groups -OCH3 is 1. The molecule has 0 bridgehead atoms. The lowest BCUT2D eigenvalue weighted by Gasteiger charge is -2.35. The monoisotopic (exact) mass is 528 g/mol. The van der Waals surface area contributed by atoms with E-state index in [-0.39, 0.29) is 17.6 Å². The Morgan fingerprint density at radius 2 is 1.68 bits per heavy atom. The van der Waals surface area contributed by atoms with Gasteiger partial charge in [-0.15, -0.1) is 0 Å². The normalized spacial score (nSPS) is 18.8. The average Bonchev–Trinajstić information content (AvgIpc) is 3.08. The van der Waals surface area contributed by atoms with Gasteiger partial charge in [-0.25, -0.2) is 0 Å². The van der Waals surface area contributed by atoms with E-state index in [1.807, 2.05) is 77.7 Å². The third-order valence-electron chi connectivity index (χ3n) is 7.52. The Morgan fingerprint density at radius 3 is 2.39 bits per heavy atom. The second-order valence-corrected chi connectivity index (χ2v) is 10.4. The van der Waals surface area contributed by atoms with Gasteiger partial charge in [0, 0.05) is 29.1 Å². The Labute approximate surface area is 229 Å². The fraction of sp³-hybridized carbons (Fsp3) is 0.312. The van der Waals surface area contributed by atoms with E-state index in [0.29, 0.717) is 29.9 Å². The molecule has 1 N–H and O–H groups in total. The van der Waals surface area contributed by atoms with Crippen LogP contribution in [0.4, 0.5) is 11.4 Å². The van der Waals surface area contributed by atoms with Crippen molar-refractivity contribution in [3.63, 3.8) is 0 Å². The molecule has 0 aromatic heterocycles. The van der Waals surface area contributed by atoms with Crippen molar-refractivity contribution < 1.29 is 14.3 Å². The van der Waals surface area contributed by atoms with Gasteiger partial charge in [-0.05, 0) is 66.3 Å². The van der Waals surface area contributed by atoms with Crippen LogP contribution < -0.4 is 15.0 Å². The van der Waals surface area contributed by atoms with Gasteiger partial charge in [0.15, 0.2) is 5.78 Å². The van der Waals surface area contributed by atoms with Crippen LogP contribution in [-0.4, -0.2) is 18.8 Å². The third kappa shape index (κ3) is 5.21. The van der Waals surface area contributed by atoms with Crippen molar-refractivity contribution in [2.24, 2.45) is 0 Å². The number of nitrogens with zero attached hydrogens (tertiary/aromatic N) is 1. The number of carbonyl (C=O) groups is 2. The van der Waals surface area contributed by atoms with Crippen LogP contribution in [-0.2, 0) is 9.59 Å². The van der Waals surface area contributed by atoms with Gasteiger partial charge < -0.3 is 10.1 Å². The molecule has 1 aliphatic carbocycles. The van der Waals surface area contributed by atoms with E-state index in [9.17, 15) is 9.59 Å². The van der Waals surface area contributed by atoms with E-state index in [0.717, 1.165) is 53.2 Å². The maximum atomic E-state index is 14.0. The molecule has 5 rings (SSSR count). The average molecular weight is 529 g/mol. The molecule has 1 heterocycles. The summed E-state index contributed by atoms with van der Waals surface area (Å²) in [5.41, 5.74) is 5.14. The third-order valence-corrected chi connectivity index (χ3v) is 7.78. The Bertz CT molecular complexity index is 1350. The summed E-state index contributed by atoms with van der Waals surface area (Å²) in [5, 5.41) is 4.21. The van der Waals surface area contributed by atoms with Gasteiger partial charge in [-0.1, -0.05) is 67.8 Å². The van der Waals surface area contributed by atoms with Gasteiger partial charge in [0.05, 0.1) is 24.5 Å². The number of hydrogen-bond donors (Lipinski definition) is 1. The first-order chi connectivity index (χ1) is 18.5. The number of rotatable bonds is 7. The Balaban J connectivity index is 1.63. The molecule has 0 fully saturated rings. The smallest absolute Gasteiger partial charge is 0.227 e. The molecule has 0 spiro atoms. The Kier molecular flexibility index (Phi) is 7.85. The van der Waals surface area contributed by atoms with E-state index in [4.69, 9.17) is 16.3 Å². The number of halogens is 1. The number of benzene rings is 3. The number of amides is 1. The molecule has 2 aliphatic rings. The van der Waals surface area contributed by atoms with Gasteiger partial charge in [0.25, 0.3) is 0 Å². The van der Waals surface area contributed by atoms with Crippen LogP contribution in [0.5, 0.6) is 5.75 Å². The Hall–Kier alpha value is -3.57. The summed E-state index contributed by atoms with van der Waals surface area (Å²) in [4.78, 5) is 29.8. The van der Waals surface area contributed by atoms with Gasteiger partial charge in [0.1, 0.15) is 5.75 Å². The van der Waals surface area contributed by atoms with Gasteiger partial charge >= 0.3 is 0 Å². The lowest BCUT2D eigenvalue weighted by Crippen LogP contribution is -2.38. The number of nitrogens with one attached hydrogen (secondary N) is 1. The minimum absolute atomic E-state index is 0.0199. The van der Waals surface area contributed by atoms with Crippen molar-refractivity contribution in [2.75, 3.05) is 17.3 Å². The highest BCUT2D eigenvalue weighted by molar-refractivity contribution is 6.30. The zero-order valence-corrected chi connectivity index (χ0v) is 22.6. The lowest BCUT2D eigenvalue weighted by molar-refractivity contribution is -0.119. The second-order valence-electron chi connectivity index (χ2n) is 10.0. The zero-order chi connectivity index (χ0) is 26.6. The standard InChI is InChI=1S/C32H33ClN2O3/c1-3-4-5-10-30(37)35-28-9-7-6-8-26(28)34-27-19-23(21-13-17-25(38-2)18-14-21)20-29(36)31(27)32(35)22-11-15-24(33)16-12-22/h6-9,11-18,23,32,34H,3-5,10,19-20H2,1-2H3/t23-,32-/m0/s1. The van der Waals surface area contributed by atoms with E-state index >= 15 is 0 Å². The van der Waals surface area contributed by atoms with E-state index in [2.05, 4.69) is 12.2 Å². The number of ether oxygens (including phenoxy) is 1. The summed E-state index contributed by atoms with van der Waals surface area (Å²) >= 11 is 6.24. The summed E-state index contributed by atoms with van der Waals surface area (Å²) in [6.07, 6.45) is 4.31. The number of hydrogen-bond acceptors (Lipinski definition) is 4. The molecule has 6 heteroatoms. The molecule has 0 radical (unpaired) electrons. The molecular weight excluding hydrogens is 496 g/mol. The van der Waals surface area contributed by atoms with Crippen molar-refractivity contribution in [1.29, 1.82) is 0 Å². The number of unbranched alkanes of at least 4 members (excludes halogenated alkanes) is 2. The van der Waals surface area contributed by atoms with Crippen LogP contribution in [0.2, 0.25) is 5.02 Å². The zero-order valence-electron chi connectivity index (χ0n) is 21.9. The number of carbonyl (C=O) groups excluding carboxylic acids is 2. The van der Waals surface area contributed by atoms with Crippen LogP contribution in [0.1, 0.15) is 68.5 Å². The number of para-hydroxylation sites is 2. The predicted molar refractivity (Wildman–Crippen MR) is 153 cm³/mol. The molecule has 3 aromatic rings. The minimum Gasteiger partial charge on any atom is -0.497 e. The summed E-state index contributed by atoms with van der Waals surface area (Å²) in [6, 6.07) is 22.8. The molecule has 1 aliphatic heterocycles. The van der Waals surface area contributed by atoms with Crippen molar-refractivity contribution in [1.82, 2.24) is 0 Å². The van der Waals surface area contributed by atoms with Crippen molar-refractivity contribution in [3.8, 4) is 5.75 Å². The second kappa shape index (κ2) is 11.4. The van der Waals surface area contributed by atoms with Crippen LogP contribution >= 0.6 is 11.6 Å². The molecule has 196 valence electrons. The number of allylic oxidation sites excluding steroid dienone is 1. The van der Waals surface area contributed by atoms with Gasteiger partial charge in [-0.3, -0.25) is 14.5 Å². The quantitative estimate of drug-likeness (QED) is 0.317. The minimum atomic E-state index is -0.531. The first-order valence-corrected chi connectivity index (χ1v) is 13.7. The van der Waals surface area contributed by atoms with Crippen molar-refractivity contribution in [2.45, 2.75) is 57.4 Å². The first-order valence-electron chi connectivity index (χ1n) is 13.3. The SMILES string of the molecule is CCCCCC(=O)N1c2ccccc2NC2=C(C(=O)C[C@@H](c3ccc(OC)cc3)C2)[C@@H]1c1ccc(Cl)cc1. The summed E-state index contributed by atoms with van der Waals surface area (Å²) in [6.45, 7) is 2.13. The molecular formula is C32H33ClN2O3. The predicted octanol–water partition coefficient (Wildman–Crippen LogP) is 7.83. The van der Waals surface area contributed by atoms with Crippen LogP contribution in [0.25, 0.3) is 0 Å². The number of anilines is 2. The lowest BCUT2D eigenvalue weighted by atomic mass is 9.78. The molecule has 2 atom stereocenters. The summed E-state index contributed by atoms with van der Waals surface area (Å²) in [5.74, 6) is 0.895. The van der Waals surface area contributed by atoms with E-state index in [1.54, 1.807) is 7.11 Å². The number of Topliss-reactive ketones (excluding diaryl/α,β-unsaturated/α-hetero) is 1. The molecule has 1 amide bonds. The fourth-order valence-corrected chi connectivity index (χ4v) is 5.71. The van der Waals surface area contributed by atoms with Crippen molar-refractivity contribution >= 4 is 34.7 Å². The molecule has 0 saturated heterocycles. The summed E-state index contributed by atoms with van der Waals surface area (Å²) in [7, 11) is 1.65. The molecule has 5 nitrogen and oxygen atoms in total. The van der Waals surface area contributed by atoms with Crippen LogP contribution in [0.3, 0.4) is 0 Å². The highest BCUT2D eigenvalue weighted by atomic mass is 35.5. The molecule has 3 aromatic carbocycles. The summed E-state index contributed by atoms with van der Waals surface area (Å²) < 4.78 is 5.32. The van der Waals surface area contributed by atoms with E-state index in [1.165, 1.54) is 0 Å². The van der Waals surface area contributed by atoms with Gasteiger partial charge in [-0.2, -0.15) is 0 Å². The van der Waals surface area contributed by atoms with E-state index < -0.39 is 6.04 Å². The molecule has 0 saturated carbocycles. The fourth-order valence-electron chi connectivity index (χ4n) is 5.58. The Morgan fingerprint density at radius 1 is 0.974 bits per heavy atom. The van der Waals surface area contributed by atoms with Crippen LogP contribution in [0.15, 0.2) is 84.1 Å². The molecule has 38 heavy (non-hydrogen) atoms. The highest BCUT2D eigenvalue weighted by Crippen LogP contribution is 2.47. The maximum absolute atomic E-state index is 14.0.